The fraction of sp³-hybridized carbons (Fsp3) is 0.652. The first-order valence-electron chi connectivity index (χ1n) is 11.1. The fourth-order valence-electron chi connectivity index (χ4n) is 5.00. The van der Waals surface area contributed by atoms with Crippen molar-refractivity contribution in [2.24, 2.45) is 16.6 Å². The normalized spacial score (nSPS) is 22.3. The first-order valence-corrected chi connectivity index (χ1v) is 11.1. The van der Waals surface area contributed by atoms with Crippen LogP contribution in [0.2, 0.25) is 0 Å². The maximum Gasteiger partial charge on any atom is 0.217 e. The molecule has 7 heteroatoms. The van der Waals surface area contributed by atoms with Crippen molar-refractivity contribution >= 4 is 35.8 Å². The highest BCUT2D eigenvalue weighted by Gasteiger charge is 2.35. The van der Waals surface area contributed by atoms with Gasteiger partial charge in [0.15, 0.2) is 5.96 Å². The average Bonchev–Trinajstić information content (AvgIpc) is 3.17. The summed E-state index contributed by atoms with van der Waals surface area (Å²) in [7, 11) is 1.85. The van der Waals surface area contributed by atoms with Crippen molar-refractivity contribution in [3.05, 3.63) is 35.9 Å². The molecule has 6 nitrogen and oxygen atoms in total. The van der Waals surface area contributed by atoms with Crippen LogP contribution in [0.15, 0.2) is 35.3 Å². The van der Waals surface area contributed by atoms with E-state index in [1.807, 2.05) is 7.05 Å². The summed E-state index contributed by atoms with van der Waals surface area (Å²) >= 11 is 0. The zero-order valence-corrected chi connectivity index (χ0v) is 20.7. The number of halogens is 1. The molecule has 0 bridgehead atoms. The van der Waals surface area contributed by atoms with Crippen LogP contribution in [-0.4, -0.2) is 49.0 Å². The van der Waals surface area contributed by atoms with Gasteiger partial charge in [-0.15, -0.1) is 24.0 Å². The predicted molar refractivity (Wildman–Crippen MR) is 134 cm³/mol. The van der Waals surface area contributed by atoms with Crippen LogP contribution in [0.5, 0.6) is 0 Å². The second-order valence-corrected chi connectivity index (χ2v) is 8.79. The summed E-state index contributed by atoms with van der Waals surface area (Å²) in [6.07, 6.45) is 7.49. The molecule has 2 fully saturated rings. The third-order valence-corrected chi connectivity index (χ3v) is 6.49. The summed E-state index contributed by atoms with van der Waals surface area (Å²) in [4.78, 5) is 18.2. The number of benzene rings is 1. The smallest absolute Gasteiger partial charge is 0.217 e. The maximum absolute atomic E-state index is 11.3. The van der Waals surface area contributed by atoms with E-state index >= 15 is 0 Å². The number of guanidine groups is 1. The van der Waals surface area contributed by atoms with Crippen molar-refractivity contribution < 1.29 is 4.79 Å². The minimum atomic E-state index is -0.205. The predicted octanol–water partition coefficient (Wildman–Crippen LogP) is 3.43. The van der Waals surface area contributed by atoms with Crippen molar-refractivity contribution in [1.29, 1.82) is 0 Å². The Bertz CT molecular complexity index is 690. The van der Waals surface area contributed by atoms with E-state index in [1.54, 1.807) is 0 Å². The van der Waals surface area contributed by atoms with Crippen molar-refractivity contribution in [2.75, 3.05) is 26.7 Å². The van der Waals surface area contributed by atoms with Gasteiger partial charge in [0.25, 0.3) is 0 Å². The lowest BCUT2D eigenvalue weighted by Crippen LogP contribution is -2.55. The Hall–Kier alpha value is -1.35. The second kappa shape index (κ2) is 11.9. The van der Waals surface area contributed by atoms with Crippen LogP contribution >= 0.6 is 24.0 Å². The Labute approximate surface area is 198 Å². The molecular weight excluding hydrogens is 489 g/mol. The Balaban J connectivity index is 0.00000320. The highest BCUT2D eigenvalue weighted by Crippen LogP contribution is 2.32. The van der Waals surface area contributed by atoms with E-state index in [9.17, 15) is 4.79 Å². The molecule has 2 atom stereocenters. The minimum Gasteiger partial charge on any atom is -0.370 e. The summed E-state index contributed by atoms with van der Waals surface area (Å²) in [6, 6.07) is 11.0. The average molecular weight is 527 g/mol. The number of aliphatic imine (C=N–C) groups is 1. The molecule has 3 rings (SSSR count). The third kappa shape index (κ3) is 6.83. The minimum absolute atomic E-state index is 0. The molecule has 1 saturated heterocycles. The summed E-state index contributed by atoms with van der Waals surface area (Å²) in [5, 5.41) is 7.58. The van der Waals surface area contributed by atoms with Gasteiger partial charge in [0.2, 0.25) is 5.91 Å². The Morgan fingerprint density at radius 2 is 1.97 bits per heavy atom. The molecule has 30 heavy (non-hydrogen) atoms. The number of nitrogens with zero attached hydrogens (tertiary/aromatic N) is 2. The topological polar surface area (TPSA) is 82.8 Å². The van der Waals surface area contributed by atoms with Gasteiger partial charge in [-0.3, -0.25) is 9.79 Å². The summed E-state index contributed by atoms with van der Waals surface area (Å²) in [5.74, 6) is 1.07. The van der Waals surface area contributed by atoms with Gasteiger partial charge in [0, 0.05) is 44.7 Å². The number of nitrogens with two attached hydrogens (primary N) is 1. The zero-order chi connectivity index (χ0) is 20.7. The number of hydrogen-bond donors (Lipinski definition) is 3. The number of amides is 1. The molecule has 1 saturated carbocycles. The van der Waals surface area contributed by atoms with Gasteiger partial charge in [-0.2, -0.15) is 0 Å². The zero-order valence-electron chi connectivity index (χ0n) is 18.4. The Morgan fingerprint density at radius 1 is 1.27 bits per heavy atom. The number of rotatable bonds is 7. The first kappa shape index (κ1) is 24.9. The van der Waals surface area contributed by atoms with Gasteiger partial charge in [-0.25, -0.2) is 0 Å². The molecule has 1 aliphatic heterocycles. The first-order chi connectivity index (χ1) is 14.0. The molecule has 4 N–H and O–H groups in total. The molecule has 1 amide bonds. The molecule has 1 aromatic carbocycles. The fourth-order valence-corrected chi connectivity index (χ4v) is 5.00. The molecule has 1 aromatic rings. The Kier molecular flexibility index (Phi) is 9.87. The van der Waals surface area contributed by atoms with Crippen molar-refractivity contribution in [3.8, 4) is 0 Å². The van der Waals surface area contributed by atoms with Crippen molar-refractivity contribution in [1.82, 2.24) is 15.5 Å². The molecule has 1 aliphatic carbocycles. The number of carbonyl (C=O) groups excluding carboxylic acids is 1. The summed E-state index contributed by atoms with van der Waals surface area (Å²) in [5.41, 5.74) is 6.84. The molecule has 0 spiro atoms. The van der Waals surface area contributed by atoms with Crippen LogP contribution in [-0.2, 0) is 4.79 Å². The van der Waals surface area contributed by atoms with E-state index < -0.39 is 0 Å². The third-order valence-electron chi connectivity index (χ3n) is 6.49. The van der Waals surface area contributed by atoms with E-state index in [0.717, 1.165) is 38.4 Å². The van der Waals surface area contributed by atoms with E-state index in [4.69, 9.17) is 5.73 Å². The van der Waals surface area contributed by atoms with Crippen molar-refractivity contribution in [3.63, 3.8) is 0 Å². The number of likely N-dealkylation sites (tertiary alicyclic amines) is 1. The molecule has 0 radical (unpaired) electrons. The number of hydrogen-bond acceptors (Lipinski definition) is 3. The second-order valence-electron chi connectivity index (χ2n) is 8.79. The van der Waals surface area contributed by atoms with Crippen LogP contribution in [0.25, 0.3) is 0 Å². The van der Waals surface area contributed by atoms with Gasteiger partial charge in [-0.1, -0.05) is 43.2 Å². The lowest BCUT2D eigenvalue weighted by molar-refractivity contribution is -0.119. The van der Waals surface area contributed by atoms with Crippen LogP contribution < -0.4 is 16.4 Å². The maximum atomic E-state index is 11.3. The number of nitrogens with one attached hydrogen (secondary N) is 2. The van der Waals surface area contributed by atoms with Gasteiger partial charge in [-0.05, 0) is 44.1 Å². The van der Waals surface area contributed by atoms with E-state index in [1.165, 1.54) is 31.2 Å². The van der Waals surface area contributed by atoms with E-state index in [0.29, 0.717) is 18.4 Å². The summed E-state index contributed by atoms with van der Waals surface area (Å²) in [6.45, 7) is 4.95. The molecule has 2 aliphatic rings. The van der Waals surface area contributed by atoms with E-state index in [2.05, 4.69) is 57.8 Å². The van der Waals surface area contributed by atoms with Gasteiger partial charge in [0.05, 0.1) is 0 Å². The molecule has 1 heterocycles. The molecule has 168 valence electrons. The molecule has 0 aromatic heterocycles. The largest absolute Gasteiger partial charge is 0.370 e. The monoisotopic (exact) mass is 527 g/mol. The van der Waals surface area contributed by atoms with Gasteiger partial charge < -0.3 is 21.3 Å². The molecule has 2 unspecified atom stereocenters. The van der Waals surface area contributed by atoms with Gasteiger partial charge >= 0.3 is 0 Å². The van der Waals surface area contributed by atoms with Crippen LogP contribution in [0, 0.1) is 5.92 Å². The highest BCUT2D eigenvalue weighted by molar-refractivity contribution is 14.0. The SMILES string of the molecule is CN=C(NCC1(NC(C)c2ccccc2)CCCC1)N1CCCC(CC(N)=O)C1.I. The standard InChI is InChI=1S/C23H37N5O.HI/c1-18(20-10-4-3-5-11-20)27-23(12-6-7-13-23)17-26-22(25-2)28-14-8-9-19(16-28)15-21(24)29;/h3-5,10-11,18-19,27H,6-9,12-17H2,1-2H3,(H2,24,29)(H,25,26);1H. The lowest BCUT2D eigenvalue weighted by atomic mass is 9.94. The van der Waals surface area contributed by atoms with Crippen molar-refractivity contribution in [2.45, 2.75) is 63.5 Å². The van der Waals surface area contributed by atoms with Crippen LogP contribution in [0.4, 0.5) is 0 Å². The lowest BCUT2D eigenvalue weighted by Gasteiger charge is -2.38. The number of carbonyl (C=O) groups is 1. The van der Waals surface area contributed by atoms with Crippen LogP contribution in [0.1, 0.15) is 63.5 Å². The molecular formula is C23H38IN5O. The van der Waals surface area contributed by atoms with Gasteiger partial charge in [0.1, 0.15) is 0 Å². The Morgan fingerprint density at radius 3 is 2.60 bits per heavy atom. The van der Waals surface area contributed by atoms with E-state index in [-0.39, 0.29) is 35.4 Å². The highest BCUT2D eigenvalue weighted by atomic mass is 127. The number of piperidine rings is 1. The van der Waals surface area contributed by atoms with Crippen LogP contribution in [0.3, 0.4) is 0 Å². The summed E-state index contributed by atoms with van der Waals surface area (Å²) < 4.78 is 0. The quantitative estimate of drug-likeness (QED) is 0.288. The number of primary amides is 1.